The van der Waals surface area contributed by atoms with Crippen LogP contribution in [0, 0.1) is 0 Å². The fourth-order valence-electron chi connectivity index (χ4n) is 4.04. The maximum Gasteiger partial charge on any atom is 0.416 e. The van der Waals surface area contributed by atoms with Crippen LogP contribution in [0.25, 0.3) is 0 Å². The first-order chi connectivity index (χ1) is 14.1. The van der Waals surface area contributed by atoms with E-state index in [1.807, 2.05) is 0 Å². The number of carbonyl (C=O) groups excluding carboxylic acids is 1. The summed E-state index contributed by atoms with van der Waals surface area (Å²) in [6.45, 7) is 1.21. The molecule has 1 N–H and O–H groups in total. The average molecular weight is 430 g/mol. The molecule has 0 aromatic heterocycles. The lowest BCUT2D eigenvalue weighted by Gasteiger charge is -2.44. The molecule has 0 saturated carbocycles. The van der Waals surface area contributed by atoms with Gasteiger partial charge in [0.25, 0.3) is 0 Å². The lowest BCUT2D eigenvalue weighted by molar-refractivity contribution is -0.160. The summed E-state index contributed by atoms with van der Waals surface area (Å²) < 4.78 is 50.2. The van der Waals surface area contributed by atoms with Crippen molar-refractivity contribution in [2.45, 2.75) is 56.3 Å². The highest BCUT2D eigenvalue weighted by molar-refractivity contribution is 5.76. The van der Waals surface area contributed by atoms with Crippen LogP contribution in [0.1, 0.15) is 30.4 Å². The van der Waals surface area contributed by atoms with Crippen LogP contribution in [0.5, 0.6) is 0 Å². The molecule has 1 aromatic rings. The Kier molecular flexibility index (Phi) is 7.38. The molecule has 2 saturated heterocycles. The third-order valence-corrected chi connectivity index (χ3v) is 5.66. The zero-order valence-corrected chi connectivity index (χ0v) is 17.3. The number of hydrogen-bond acceptors (Lipinski definition) is 5. The van der Waals surface area contributed by atoms with Crippen LogP contribution in [0.2, 0.25) is 0 Å². The topological polar surface area (TPSA) is 62.2 Å². The maximum atomic E-state index is 12.8. The Morgan fingerprint density at radius 3 is 2.53 bits per heavy atom. The molecule has 2 aliphatic heterocycles. The second-order valence-electron chi connectivity index (χ2n) is 8.25. The lowest BCUT2D eigenvalue weighted by Crippen LogP contribution is -2.55. The molecule has 2 fully saturated rings. The molecule has 168 valence electrons. The van der Waals surface area contributed by atoms with E-state index in [0.717, 1.165) is 24.1 Å². The summed E-state index contributed by atoms with van der Waals surface area (Å²) in [4.78, 5) is 15.6. The number of hydrogen-bond donors (Lipinski definition) is 1. The summed E-state index contributed by atoms with van der Waals surface area (Å²) in [7, 11) is 3.42. The van der Waals surface area contributed by atoms with Crippen LogP contribution in [-0.4, -0.2) is 79.0 Å². The molecule has 3 rings (SSSR count). The number of aliphatic hydroxyl groups is 1. The molecular formula is C21H29F3N2O4. The number of β-amino-alcohol motifs (C(OH)–C–C–N with tert-alkyl or cyclic N) is 1. The summed E-state index contributed by atoms with van der Waals surface area (Å²) >= 11 is 0. The van der Waals surface area contributed by atoms with Crippen LogP contribution in [0.3, 0.4) is 0 Å². The van der Waals surface area contributed by atoms with Gasteiger partial charge < -0.3 is 19.5 Å². The lowest BCUT2D eigenvalue weighted by atomic mass is 9.94. The fraction of sp³-hybridized carbons (Fsp3) is 0.667. The van der Waals surface area contributed by atoms with E-state index in [0.29, 0.717) is 32.5 Å². The minimum Gasteiger partial charge on any atom is -0.389 e. The molecule has 0 bridgehead atoms. The van der Waals surface area contributed by atoms with Crippen molar-refractivity contribution >= 4 is 5.91 Å². The quantitative estimate of drug-likeness (QED) is 0.794. The van der Waals surface area contributed by atoms with Gasteiger partial charge >= 0.3 is 6.18 Å². The van der Waals surface area contributed by atoms with Gasteiger partial charge in [0, 0.05) is 33.2 Å². The van der Waals surface area contributed by atoms with Gasteiger partial charge in [0.1, 0.15) is 0 Å². The molecule has 0 aliphatic carbocycles. The van der Waals surface area contributed by atoms with Gasteiger partial charge in [-0.15, -0.1) is 0 Å². The number of alkyl halides is 3. The Labute approximate surface area is 174 Å². The van der Waals surface area contributed by atoms with E-state index in [4.69, 9.17) is 9.47 Å². The second-order valence-corrected chi connectivity index (χ2v) is 8.25. The number of carbonyl (C=O) groups is 1. The molecule has 9 heteroatoms. The fourth-order valence-corrected chi connectivity index (χ4v) is 4.04. The van der Waals surface area contributed by atoms with E-state index in [1.165, 1.54) is 17.0 Å². The highest BCUT2D eigenvalue weighted by Gasteiger charge is 2.38. The van der Waals surface area contributed by atoms with Gasteiger partial charge in [0.2, 0.25) is 5.91 Å². The maximum absolute atomic E-state index is 12.8. The highest BCUT2D eigenvalue weighted by Crippen LogP contribution is 2.31. The predicted molar refractivity (Wildman–Crippen MR) is 104 cm³/mol. The molecule has 6 nitrogen and oxygen atoms in total. The van der Waals surface area contributed by atoms with Crippen LogP contribution in [-0.2, 0) is 27.0 Å². The molecule has 2 heterocycles. The standard InChI is InChI=1S/C21H29F3N2O4/c1-25(2)20(28)9-17-7-8-18-19(30-17)13-29-12-16(27)11-26(18)10-14-3-5-15(6-4-14)21(22,23)24/h3-6,16-19,27H,7-13H2,1-2H3/t16-,17-,18+,19-/m1/s1. The van der Waals surface area contributed by atoms with E-state index in [1.54, 1.807) is 14.1 Å². The largest absolute Gasteiger partial charge is 0.416 e. The summed E-state index contributed by atoms with van der Waals surface area (Å²) in [5.74, 6) is 0.00208. The minimum absolute atomic E-state index is 0.00208. The highest BCUT2D eigenvalue weighted by atomic mass is 19.4. The normalized spacial score (nSPS) is 28.3. The molecule has 0 radical (unpaired) electrons. The Bertz CT molecular complexity index is 711. The SMILES string of the molecule is CN(C)C(=O)C[C@H]1CC[C@H]2[C@@H](COC[C@H](O)CN2Cc2ccc(C(F)(F)F)cc2)O1. The van der Waals surface area contributed by atoms with Crippen molar-refractivity contribution in [1.82, 2.24) is 9.80 Å². The predicted octanol–water partition coefficient (Wildman–Crippen LogP) is 2.29. The Balaban J connectivity index is 1.70. The van der Waals surface area contributed by atoms with Crippen molar-refractivity contribution in [3.63, 3.8) is 0 Å². The molecule has 30 heavy (non-hydrogen) atoms. The Morgan fingerprint density at radius 1 is 1.20 bits per heavy atom. The van der Waals surface area contributed by atoms with Gasteiger partial charge in [-0.3, -0.25) is 9.69 Å². The van der Waals surface area contributed by atoms with E-state index < -0.39 is 17.8 Å². The van der Waals surface area contributed by atoms with Crippen LogP contribution >= 0.6 is 0 Å². The smallest absolute Gasteiger partial charge is 0.389 e. The summed E-state index contributed by atoms with van der Waals surface area (Å²) in [6, 6.07) is 5.06. The molecule has 4 atom stereocenters. The molecule has 1 amide bonds. The number of nitrogens with zero attached hydrogens (tertiary/aromatic N) is 2. The van der Waals surface area contributed by atoms with Crippen molar-refractivity contribution in [3.8, 4) is 0 Å². The van der Waals surface area contributed by atoms with Gasteiger partial charge in [0.05, 0.1) is 43.5 Å². The van der Waals surface area contributed by atoms with Gasteiger partial charge in [-0.25, -0.2) is 0 Å². The number of halogens is 3. The third-order valence-electron chi connectivity index (χ3n) is 5.66. The van der Waals surface area contributed by atoms with E-state index >= 15 is 0 Å². The molecule has 0 spiro atoms. The van der Waals surface area contributed by atoms with Crippen molar-refractivity contribution in [1.29, 1.82) is 0 Å². The van der Waals surface area contributed by atoms with Gasteiger partial charge in [-0.2, -0.15) is 13.2 Å². The number of amides is 1. The van der Waals surface area contributed by atoms with Gasteiger partial charge in [-0.05, 0) is 30.5 Å². The van der Waals surface area contributed by atoms with E-state index in [9.17, 15) is 23.1 Å². The van der Waals surface area contributed by atoms with Crippen molar-refractivity contribution in [2.75, 3.05) is 33.9 Å². The van der Waals surface area contributed by atoms with E-state index in [2.05, 4.69) is 4.90 Å². The minimum atomic E-state index is -4.37. The number of ether oxygens (including phenoxy) is 2. The first-order valence-corrected chi connectivity index (χ1v) is 10.1. The average Bonchev–Trinajstić information content (AvgIpc) is 2.66. The first-order valence-electron chi connectivity index (χ1n) is 10.1. The van der Waals surface area contributed by atoms with Crippen molar-refractivity contribution < 1.29 is 32.5 Å². The first kappa shape index (κ1) is 23.0. The zero-order valence-electron chi connectivity index (χ0n) is 17.3. The number of benzene rings is 1. The van der Waals surface area contributed by atoms with Crippen LogP contribution < -0.4 is 0 Å². The Hall–Kier alpha value is -1.68. The molecule has 2 aliphatic rings. The summed E-state index contributed by atoms with van der Waals surface area (Å²) in [5, 5.41) is 10.2. The Morgan fingerprint density at radius 2 is 1.90 bits per heavy atom. The summed E-state index contributed by atoms with van der Waals surface area (Å²) in [5.41, 5.74) is 0.0555. The van der Waals surface area contributed by atoms with Gasteiger partial charge in [-0.1, -0.05) is 12.1 Å². The van der Waals surface area contributed by atoms with Crippen molar-refractivity contribution in [2.24, 2.45) is 0 Å². The zero-order chi connectivity index (χ0) is 21.9. The molecular weight excluding hydrogens is 401 g/mol. The number of rotatable bonds is 4. The summed E-state index contributed by atoms with van der Waals surface area (Å²) in [6.07, 6.45) is -3.75. The molecule has 1 aromatic carbocycles. The van der Waals surface area contributed by atoms with Crippen molar-refractivity contribution in [3.05, 3.63) is 35.4 Å². The monoisotopic (exact) mass is 430 g/mol. The van der Waals surface area contributed by atoms with E-state index in [-0.39, 0.29) is 30.8 Å². The van der Waals surface area contributed by atoms with Gasteiger partial charge in [0.15, 0.2) is 0 Å². The number of aliphatic hydroxyl groups excluding tert-OH is 1. The van der Waals surface area contributed by atoms with Crippen LogP contribution in [0.15, 0.2) is 24.3 Å². The van der Waals surface area contributed by atoms with Crippen LogP contribution in [0.4, 0.5) is 13.2 Å². The molecule has 0 unspecified atom stereocenters. The third kappa shape index (κ3) is 5.94. The number of fused-ring (bicyclic) bond motifs is 1. The second kappa shape index (κ2) is 9.64.